The van der Waals surface area contributed by atoms with Gasteiger partial charge in [-0.2, -0.15) is 0 Å². The van der Waals surface area contributed by atoms with E-state index in [-0.39, 0.29) is 11.6 Å². The van der Waals surface area contributed by atoms with Crippen molar-refractivity contribution in [1.29, 1.82) is 0 Å². The molecule has 0 aliphatic heterocycles. The molecule has 100 valence electrons. The number of hydrogen-bond acceptors (Lipinski definition) is 4. The number of hydrogen-bond donors (Lipinski definition) is 0. The Balaban J connectivity index is 2.36. The highest BCUT2D eigenvalue weighted by molar-refractivity contribution is 6.36. The van der Waals surface area contributed by atoms with Gasteiger partial charge in [-0.15, -0.1) is 0 Å². The van der Waals surface area contributed by atoms with E-state index in [4.69, 9.17) is 4.84 Å². The number of Topliss-reactive ketones (excluding diaryl/α,β-unsaturated/α-hetero) is 2. The highest BCUT2D eigenvalue weighted by atomic mass is 16.6. The maximum atomic E-state index is 12.3. The Morgan fingerprint density at radius 3 is 2.21 bits per heavy atom. The summed E-state index contributed by atoms with van der Waals surface area (Å²) in [5.41, 5.74) is 1.53. The van der Waals surface area contributed by atoms with Gasteiger partial charge in [-0.1, -0.05) is 42.8 Å². The minimum absolute atomic E-state index is 0.160. The van der Waals surface area contributed by atoms with Gasteiger partial charge in [0.15, 0.2) is 11.6 Å². The topological polar surface area (TPSA) is 55.7 Å². The van der Waals surface area contributed by atoms with Crippen molar-refractivity contribution in [3.05, 3.63) is 35.4 Å². The molecule has 19 heavy (non-hydrogen) atoms. The van der Waals surface area contributed by atoms with Gasteiger partial charge in [0.1, 0.15) is 12.5 Å². The van der Waals surface area contributed by atoms with Gasteiger partial charge in [0.05, 0.1) is 5.71 Å². The molecule has 1 aromatic rings. The molecule has 0 radical (unpaired) electrons. The van der Waals surface area contributed by atoms with Crippen molar-refractivity contribution < 1.29 is 14.4 Å². The van der Waals surface area contributed by atoms with E-state index in [9.17, 15) is 9.59 Å². The maximum absolute atomic E-state index is 12.3. The quantitative estimate of drug-likeness (QED) is 0.464. The average molecular weight is 259 g/mol. The molecule has 4 nitrogen and oxygen atoms in total. The van der Waals surface area contributed by atoms with E-state index in [0.29, 0.717) is 29.9 Å². The number of nitrogens with zero attached hydrogens (tertiary/aromatic N) is 1. The first-order valence-corrected chi connectivity index (χ1v) is 6.56. The number of fused-ring (bicyclic) bond motifs is 1. The summed E-state index contributed by atoms with van der Waals surface area (Å²) in [7, 11) is 0. The minimum Gasteiger partial charge on any atom is -0.396 e. The maximum Gasteiger partial charge on any atom is 0.180 e. The largest absolute Gasteiger partial charge is 0.396 e. The molecular weight excluding hydrogens is 242 g/mol. The molecule has 0 atom stereocenters. The first-order chi connectivity index (χ1) is 9.20. The Labute approximate surface area is 112 Å². The molecule has 1 aliphatic rings. The van der Waals surface area contributed by atoms with Crippen LogP contribution in [0, 0.1) is 5.92 Å². The van der Waals surface area contributed by atoms with Gasteiger partial charge in [0.25, 0.3) is 0 Å². The number of carbonyl (C=O) groups is 2. The summed E-state index contributed by atoms with van der Waals surface area (Å²) < 4.78 is 0. The summed E-state index contributed by atoms with van der Waals surface area (Å²) in [5.74, 6) is -1.11. The van der Waals surface area contributed by atoms with Crippen molar-refractivity contribution in [2.24, 2.45) is 11.1 Å². The van der Waals surface area contributed by atoms with E-state index in [1.165, 1.54) is 0 Å². The lowest BCUT2D eigenvalue weighted by atomic mass is 9.95. The summed E-state index contributed by atoms with van der Waals surface area (Å²) in [6, 6.07) is 6.93. The van der Waals surface area contributed by atoms with Crippen molar-refractivity contribution >= 4 is 17.3 Å². The zero-order chi connectivity index (χ0) is 13.8. The molecule has 0 aromatic heterocycles. The zero-order valence-corrected chi connectivity index (χ0v) is 11.2. The van der Waals surface area contributed by atoms with Crippen molar-refractivity contribution in [3.8, 4) is 0 Å². The lowest BCUT2D eigenvalue weighted by Gasteiger charge is -2.09. The van der Waals surface area contributed by atoms with Gasteiger partial charge in [-0.25, -0.2) is 0 Å². The monoisotopic (exact) mass is 259 g/mol. The van der Waals surface area contributed by atoms with Crippen LogP contribution in [0.25, 0.3) is 0 Å². The van der Waals surface area contributed by atoms with Crippen LogP contribution in [0.2, 0.25) is 0 Å². The average Bonchev–Trinajstić information content (AvgIpc) is 2.68. The Hall–Kier alpha value is -1.97. The van der Waals surface area contributed by atoms with Crippen molar-refractivity contribution in [1.82, 2.24) is 0 Å². The molecular formula is C15H17NO3. The minimum atomic E-state index is -0.788. The molecule has 0 N–H and O–H groups in total. The predicted octanol–water partition coefficient (Wildman–Crippen LogP) is 2.87. The lowest BCUT2D eigenvalue weighted by molar-refractivity contribution is 0.0874. The van der Waals surface area contributed by atoms with Crippen LogP contribution < -0.4 is 0 Å². The lowest BCUT2D eigenvalue weighted by Crippen LogP contribution is -2.26. The first-order valence-electron chi connectivity index (χ1n) is 6.56. The van der Waals surface area contributed by atoms with E-state index in [2.05, 4.69) is 5.16 Å². The third-order valence-electron chi connectivity index (χ3n) is 3.13. The van der Waals surface area contributed by atoms with Crippen LogP contribution >= 0.6 is 0 Å². The van der Waals surface area contributed by atoms with Gasteiger partial charge in [0, 0.05) is 11.1 Å². The zero-order valence-electron chi connectivity index (χ0n) is 11.2. The summed E-state index contributed by atoms with van der Waals surface area (Å²) in [5, 5.41) is 3.97. The summed E-state index contributed by atoms with van der Waals surface area (Å²) in [6.45, 7) is 4.23. The molecule has 4 heteroatoms. The Morgan fingerprint density at radius 1 is 1.16 bits per heavy atom. The normalized spacial score (nSPS) is 15.8. The van der Waals surface area contributed by atoms with Crippen LogP contribution in [-0.4, -0.2) is 23.9 Å². The molecule has 0 spiro atoms. The predicted molar refractivity (Wildman–Crippen MR) is 72.6 cm³/mol. The molecule has 2 rings (SSSR count). The summed E-state index contributed by atoms with van der Waals surface area (Å²) in [6.07, 6.45) is 1.41. The third-order valence-corrected chi connectivity index (χ3v) is 3.13. The van der Waals surface area contributed by atoms with Gasteiger partial charge in [-0.3, -0.25) is 9.59 Å². The number of ketones is 2. The highest BCUT2D eigenvalue weighted by Gasteiger charge is 2.41. The molecule has 0 fully saturated rings. The molecule has 0 amide bonds. The van der Waals surface area contributed by atoms with E-state index >= 15 is 0 Å². The Bertz CT molecular complexity index is 499. The fourth-order valence-corrected chi connectivity index (χ4v) is 2.29. The van der Waals surface area contributed by atoms with Crippen LogP contribution in [0.4, 0.5) is 0 Å². The second kappa shape index (κ2) is 5.78. The fourth-order valence-electron chi connectivity index (χ4n) is 2.29. The molecule has 0 bridgehead atoms. The fraction of sp³-hybridized carbons (Fsp3) is 0.400. The van der Waals surface area contributed by atoms with Gasteiger partial charge >= 0.3 is 0 Å². The highest BCUT2D eigenvalue weighted by Crippen LogP contribution is 2.28. The van der Waals surface area contributed by atoms with Crippen LogP contribution in [0.15, 0.2) is 29.4 Å². The van der Waals surface area contributed by atoms with Gasteiger partial charge < -0.3 is 4.84 Å². The van der Waals surface area contributed by atoms with Crippen molar-refractivity contribution in [2.75, 3.05) is 6.61 Å². The molecule has 1 aliphatic carbocycles. The molecule has 1 aromatic carbocycles. The van der Waals surface area contributed by atoms with E-state index in [1.54, 1.807) is 24.3 Å². The van der Waals surface area contributed by atoms with Gasteiger partial charge in [-0.05, 0) is 13.3 Å². The van der Waals surface area contributed by atoms with Gasteiger partial charge in [0.2, 0.25) is 0 Å². The molecule has 0 saturated carbocycles. The smallest absolute Gasteiger partial charge is 0.180 e. The van der Waals surface area contributed by atoms with Crippen molar-refractivity contribution in [2.45, 2.75) is 26.7 Å². The summed E-state index contributed by atoms with van der Waals surface area (Å²) in [4.78, 5) is 29.7. The SMILES string of the molecule is CCC/C(=N\OCC)C1C(=O)c2ccccc2C1=O. The second-order valence-electron chi connectivity index (χ2n) is 4.46. The first kappa shape index (κ1) is 13.5. The number of oxime groups is 1. The molecule has 0 heterocycles. The standard InChI is InChI=1S/C15H17NO3/c1-3-7-12(16-19-4-2)13-14(17)10-8-5-6-9-11(10)15(13)18/h5-6,8-9,13H,3-4,7H2,1-2H3/b16-12+. The van der Waals surface area contributed by atoms with Crippen LogP contribution in [-0.2, 0) is 4.84 Å². The molecule has 0 unspecified atom stereocenters. The third kappa shape index (κ3) is 2.43. The second-order valence-corrected chi connectivity index (χ2v) is 4.46. The number of carbonyl (C=O) groups excluding carboxylic acids is 2. The number of rotatable bonds is 5. The molecule has 0 saturated heterocycles. The van der Waals surface area contributed by atoms with E-state index in [1.807, 2.05) is 13.8 Å². The Kier molecular flexibility index (Phi) is 4.10. The van der Waals surface area contributed by atoms with E-state index < -0.39 is 5.92 Å². The Morgan fingerprint density at radius 2 is 1.74 bits per heavy atom. The summed E-state index contributed by atoms with van der Waals surface area (Å²) >= 11 is 0. The number of benzene rings is 1. The van der Waals surface area contributed by atoms with Crippen molar-refractivity contribution in [3.63, 3.8) is 0 Å². The van der Waals surface area contributed by atoms with Crippen LogP contribution in [0.3, 0.4) is 0 Å². The van der Waals surface area contributed by atoms with Crippen LogP contribution in [0.5, 0.6) is 0 Å². The van der Waals surface area contributed by atoms with Crippen LogP contribution in [0.1, 0.15) is 47.4 Å². The van der Waals surface area contributed by atoms with E-state index in [0.717, 1.165) is 6.42 Å².